The Hall–Kier alpha value is -1.56. The van der Waals surface area contributed by atoms with Crippen LogP contribution in [0.1, 0.15) is 37.7 Å². The van der Waals surface area contributed by atoms with E-state index in [1.165, 1.54) is 0 Å². The number of amides is 1. The number of carbonyl (C=O) groups is 1. The molecule has 2 rings (SSSR count). The van der Waals surface area contributed by atoms with Gasteiger partial charge in [-0.2, -0.15) is 0 Å². The fraction of sp³-hybridized carbons (Fsp3) is 0.533. The molecule has 1 aromatic carbocycles. The fourth-order valence-corrected chi connectivity index (χ4v) is 2.67. The van der Waals surface area contributed by atoms with E-state index in [1.54, 1.807) is 0 Å². The topological polar surface area (TPSA) is 49.3 Å². The predicted molar refractivity (Wildman–Crippen MR) is 71.1 cm³/mol. The first-order valence-electron chi connectivity index (χ1n) is 7.02. The average molecular weight is 301 g/mol. The summed E-state index contributed by atoms with van der Waals surface area (Å²) in [6.45, 7) is 0.180. The molecule has 3 nitrogen and oxygen atoms in total. The second-order valence-electron chi connectivity index (χ2n) is 5.58. The average Bonchev–Trinajstić information content (AvgIpc) is 2.82. The number of aliphatic hydroxyl groups is 1. The number of halogens is 3. The summed E-state index contributed by atoms with van der Waals surface area (Å²) in [7, 11) is 0. The predicted octanol–water partition coefficient (Wildman–Crippen LogP) is 2.46. The third kappa shape index (κ3) is 4.20. The molecule has 1 fully saturated rings. The Morgan fingerprint density at radius 1 is 1.19 bits per heavy atom. The van der Waals surface area contributed by atoms with Crippen molar-refractivity contribution in [3.05, 3.63) is 35.1 Å². The molecule has 0 heterocycles. The van der Waals surface area contributed by atoms with E-state index in [0.717, 1.165) is 25.0 Å². The summed E-state index contributed by atoms with van der Waals surface area (Å²) in [4.78, 5) is 11.7. The van der Waals surface area contributed by atoms with Crippen LogP contribution in [-0.4, -0.2) is 23.2 Å². The molecule has 1 aliphatic rings. The zero-order chi connectivity index (χ0) is 15.5. The van der Waals surface area contributed by atoms with Crippen LogP contribution in [0.3, 0.4) is 0 Å². The molecule has 1 amide bonds. The standard InChI is InChI=1S/C15H18F3NO2/c16-11-7-10(8-12(17)14(11)18)3-6-19-13(20)9-15(21)4-1-2-5-15/h7-8,21H,1-6,9H2,(H,19,20). The van der Waals surface area contributed by atoms with Crippen molar-refractivity contribution >= 4 is 5.91 Å². The van der Waals surface area contributed by atoms with Gasteiger partial charge in [0.1, 0.15) is 0 Å². The van der Waals surface area contributed by atoms with Crippen LogP contribution >= 0.6 is 0 Å². The maximum atomic E-state index is 13.0. The first-order valence-corrected chi connectivity index (χ1v) is 7.02. The molecule has 0 radical (unpaired) electrons. The van der Waals surface area contributed by atoms with Crippen molar-refractivity contribution in [2.75, 3.05) is 6.54 Å². The van der Waals surface area contributed by atoms with E-state index >= 15 is 0 Å². The van der Waals surface area contributed by atoms with Gasteiger partial charge in [0.25, 0.3) is 0 Å². The van der Waals surface area contributed by atoms with Crippen LogP contribution in [0, 0.1) is 17.5 Å². The largest absolute Gasteiger partial charge is 0.389 e. The number of hydrogen-bond donors (Lipinski definition) is 2. The van der Waals surface area contributed by atoms with Gasteiger partial charge in [-0.3, -0.25) is 4.79 Å². The van der Waals surface area contributed by atoms with E-state index in [9.17, 15) is 23.1 Å². The summed E-state index contributed by atoms with van der Waals surface area (Å²) in [6, 6.07) is 1.82. The second-order valence-corrected chi connectivity index (χ2v) is 5.58. The molecule has 2 N–H and O–H groups in total. The van der Waals surface area contributed by atoms with Crippen molar-refractivity contribution in [2.24, 2.45) is 0 Å². The van der Waals surface area contributed by atoms with Crippen LogP contribution in [0.5, 0.6) is 0 Å². The molecule has 0 saturated heterocycles. The third-order valence-electron chi connectivity index (χ3n) is 3.80. The number of benzene rings is 1. The molecule has 1 aromatic rings. The van der Waals surface area contributed by atoms with E-state index in [2.05, 4.69) is 5.32 Å². The highest BCUT2D eigenvalue weighted by Gasteiger charge is 2.33. The Kier molecular flexibility index (Phi) is 4.88. The van der Waals surface area contributed by atoms with Crippen LogP contribution in [0.25, 0.3) is 0 Å². The minimum absolute atomic E-state index is 0.0408. The Bertz CT molecular complexity index is 505. The number of hydrogen-bond acceptors (Lipinski definition) is 2. The molecule has 0 aliphatic heterocycles. The molecule has 0 aromatic heterocycles. The Morgan fingerprint density at radius 2 is 1.76 bits per heavy atom. The van der Waals surface area contributed by atoms with Crippen LogP contribution < -0.4 is 5.32 Å². The van der Waals surface area contributed by atoms with Gasteiger partial charge in [0.2, 0.25) is 5.91 Å². The normalized spacial score (nSPS) is 17.0. The molecule has 21 heavy (non-hydrogen) atoms. The summed E-state index contributed by atoms with van der Waals surface area (Å²) < 4.78 is 38.8. The van der Waals surface area contributed by atoms with Gasteiger partial charge in [0, 0.05) is 6.54 Å². The maximum absolute atomic E-state index is 13.0. The Labute approximate surface area is 121 Å². The molecule has 116 valence electrons. The molecule has 0 unspecified atom stereocenters. The molecular weight excluding hydrogens is 283 g/mol. The fourth-order valence-electron chi connectivity index (χ4n) is 2.67. The van der Waals surface area contributed by atoms with E-state index in [4.69, 9.17) is 0 Å². The second kappa shape index (κ2) is 6.47. The number of carbonyl (C=O) groups excluding carboxylic acids is 1. The van der Waals surface area contributed by atoms with Gasteiger partial charge in [-0.15, -0.1) is 0 Å². The smallest absolute Gasteiger partial charge is 0.222 e. The molecule has 1 saturated carbocycles. The van der Waals surface area contributed by atoms with Gasteiger partial charge in [-0.25, -0.2) is 13.2 Å². The lowest BCUT2D eigenvalue weighted by molar-refractivity contribution is -0.125. The van der Waals surface area contributed by atoms with Crippen molar-refractivity contribution in [3.8, 4) is 0 Å². The Balaban J connectivity index is 1.80. The summed E-state index contributed by atoms with van der Waals surface area (Å²) in [5, 5.41) is 12.7. The molecule has 6 heteroatoms. The van der Waals surface area contributed by atoms with Crippen LogP contribution in [0.4, 0.5) is 13.2 Å². The quantitative estimate of drug-likeness (QED) is 0.821. The number of rotatable bonds is 5. The molecule has 0 bridgehead atoms. The number of nitrogens with one attached hydrogen (secondary N) is 1. The summed E-state index contributed by atoms with van der Waals surface area (Å²) in [6.07, 6.45) is 3.30. The van der Waals surface area contributed by atoms with Gasteiger partial charge < -0.3 is 10.4 Å². The maximum Gasteiger partial charge on any atom is 0.222 e. The third-order valence-corrected chi connectivity index (χ3v) is 3.80. The highest BCUT2D eigenvalue weighted by Crippen LogP contribution is 2.32. The van der Waals surface area contributed by atoms with Gasteiger partial charge in [0.05, 0.1) is 12.0 Å². The van der Waals surface area contributed by atoms with Gasteiger partial charge >= 0.3 is 0 Å². The lowest BCUT2D eigenvalue weighted by Gasteiger charge is -2.21. The van der Waals surface area contributed by atoms with Crippen molar-refractivity contribution < 1.29 is 23.1 Å². The minimum atomic E-state index is -1.49. The van der Waals surface area contributed by atoms with Crippen LogP contribution in [0.2, 0.25) is 0 Å². The lowest BCUT2D eigenvalue weighted by Crippen LogP contribution is -2.35. The zero-order valence-electron chi connectivity index (χ0n) is 11.6. The molecule has 0 spiro atoms. The van der Waals surface area contributed by atoms with Crippen LogP contribution in [-0.2, 0) is 11.2 Å². The van der Waals surface area contributed by atoms with E-state index < -0.39 is 23.1 Å². The first-order chi connectivity index (χ1) is 9.89. The van der Waals surface area contributed by atoms with Gasteiger partial charge in [0.15, 0.2) is 17.5 Å². The highest BCUT2D eigenvalue weighted by atomic mass is 19.2. The van der Waals surface area contributed by atoms with Crippen LogP contribution in [0.15, 0.2) is 12.1 Å². The summed E-state index contributed by atoms with van der Waals surface area (Å²) >= 11 is 0. The van der Waals surface area contributed by atoms with Crippen molar-refractivity contribution in [2.45, 2.75) is 44.1 Å². The monoisotopic (exact) mass is 301 g/mol. The summed E-state index contributed by atoms with van der Waals surface area (Å²) in [5.74, 6) is -4.26. The van der Waals surface area contributed by atoms with E-state index in [-0.39, 0.29) is 30.9 Å². The molecular formula is C15H18F3NO2. The van der Waals surface area contributed by atoms with Crippen molar-refractivity contribution in [1.82, 2.24) is 5.32 Å². The van der Waals surface area contributed by atoms with Gasteiger partial charge in [-0.05, 0) is 37.0 Å². The molecule has 1 aliphatic carbocycles. The van der Waals surface area contributed by atoms with E-state index in [1.807, 2.05) is 0 Å². The SMILES string of the molecule is O=C(CC1(O)CCCC1)NCCc1cc(F)c(F)c(F)c1. The molecule has 0 atom stereocenters. The van der Waals surface area contributed by atoms with Crippen molar-refractivity contribution in [3.63, 3.8) is 0 Å². The highest BCUT2D eigenvalue weighted by molar-refractivity contribution is 5.77. The lowest BCUT2D eigenvalue weighted by atomic mass is 9.97. The minimum Gasteiger partial charge on any atom is -0.389 e. The zero-order valence-corrected chi connectivity index (χ0v) is 11.6. The Morgan fingerprint density at radius 3 is 2.33 bits per heavy atom. The van der Waals surface area contributed by atoms with Crippen molar-refractivity contribution in [1.29, 1.82) is 0 Å². The van der Waals surface area contributed by atoms with Gasteiger partial charge in [-0.1, -0.05) is 12.8 Å². The van der Waals surface area contributed by atoms with E-state index in [0.29, 0.717) is 12.8 Å². The summed E-state index contributed by atoms with van der Waals surface area (Å²) in [5.41, 5.74) is -0.649. The first kappa shape index (κ1) is 15.8.